The quantitative estimate of drug-likeness (QED) is 0.406. The van der Waals surface area contributed by atoms with Crippen molar-refractivity contribution in [2.24, 2.45) is 0 Å². The van der Waals surface area contributed by atoms with Crippen molar-refractivity contribution in [2.75, 3.05) is 0 Å². The summed E-state index contributed by atoms with van der Waals surface area (Å²) in [6.45, 7) is 4.22. The molecule has 1 heterocycles. The molecular weight excluding hydrogens is 180 g/mol. The highest BCUT2D eigenvalue weighted by Gasteiger charge is 1.99. The molecule has 0 amide bonds. The van der Waals surface area contributed by atoms with E-state index in [1.807, 2.05) is 6.07 Å². The summed E-state index contributed by atoms with van der Waals surface area (Å²) >= 11 is 7.27. The molecule has 0 aliphatic rings. The minimum atomic E-state index is 0.315. The molecule has 11 heavy (non-hydrogen) atoms. The van der Waals surface area contributed by atoms with Crippen molar-refractivity contribution in [2.45, 2.75) is 24.1 Å². The van der Waals surface area contributed by atoms with Crippen molar-refractivity contribution < 1.29 is 0 Å². The first-order valence-electron chi connectivity index (χ1n) is 3.33. The number of rotatable bonds is 2. The van der Waals surface area contributed by atoms with Gasteiger partial charge in [-0.05, 0) is 17.7 Å². The van der Waals surface area contributed by atoms with Crippen molar-refractivity contribution in [3.8, 4) is 0 Å². The zero-order valence-corrected chi connectivity index (χ0v) is 7.99. The summed E-state index contributed by atoms with van der Waals surface area (Å²) in [6, 6.07) is 1.86. The van der Waals surface area contributed by atoms with E-state index in [0.717, 1.165) is 5.03 Å². The van der Waals surface area contributed by atoms with Crippen LogP contribution in [0.3, 0.4) is 0 Å². The average Bonchev–Trinajstić information content (AvgIpc) is 1.85. The van der Waals surface area contributed by atoms with Gasteiger partial charge < -0.3 is 0 Å². The van der Waals surface area contributed by atoms with Gasteiger partial charge in [-0.15, -0.1) is 11.8 Å². The Hall–Kier alpha value is -0.280. The normalized spacial score (nSPS) is 10.5. The highest BCUT2D eigenvalue weighted by atomic mass is 35.5. The van der Waals surface area contributed by atoms with Gasteiger partial charge in [0.25, 0.3) is 0 Å². The Labute approximate surface area is 75.4 Å². The molecular formula is C7H9ClN2S. The van der Waals surface area contributed by atoms with Crippen LogP contribution in [0.1, 0.15) is 13.8 Å². The molecule has 60 valence electrons. The van der Waals surface area contributed by atoms with E-state index in [0.29, 0.717) is 10.5 Å². The fraction of sp³-hybridized carbons (Fsp3) is 0.429. The van der Waals surface area contributed by atoms with Crippen LogP contribution in [0.5, 0.6) is 0 Å². The molecule has 0 radical (unpaired) electrons. The minimum Gasteiger partial charge on any atom is -0.226 e. The third-order valence-electron chi connectivity index (χ3n) is 0.957. The summed E-state index contributed by atoms with van der Waals surface area (Å²) in [5.74, 6) is 0. The average molecular weight is 189 g/mol. The third-order valence-corrected chi connectivity index (χ3v) is 2.08. The Morgan fingerprint density at radius 3 is 2.82 bits per heavy atom. The fourth-order valence-electron chi connectivity index (χ4n) is 0.627. The lowest BCUT2D eigenvalue weighted by Crippen LogP contribution is -1.89. The zero-order valence-electron chi connectivity index (χ0n) is 6.41. The minimum absolute atomic E-state index is 0.315. The van der Waals surface area contributed by atoms with Gasteiger partial charge in [0, 0.05) is 11.4 Å². The molecule has 0 fully saturated rings. The number of hydrogen-bond acceptors (Lipinski definition) is 3. The predicted molar refractivity (Wildman–Crippen MR) is 48.0 cm³/mol. The van der Waals surface area contributed by atoms with Crippen molar-refractivity contribution in [1.82, 2.24) is 9.97 Å². The second-order valence-electron chi connectivity index (χ2n) is 2.33. The lowest BCUT2D eigenvalue weighted by Gasteiger charge is -2.01. The summed E-state index contributed by atoms with van der Waals surface area (Å²) in [4.78, 5) is 7.82. The second-order valence-corrected chi connectivity index (χ2v) is 4.27. The Morgan fingerprint density at radius 2 is 2.27 bits per heavy atom. The first-order valence-corrected chi connectivity index (χ1v) is 4.59. The van der Waals surface area contributed by atoms with Crippen molar-refractivity contribution in [3.05, 3.63) is 17.5 Å². The molecule has 0 unspecified atom stereocenters. The topological polar surface area (TPSA) is 25.8 Å². The van der Waals surface area contributed by atoms with Gasteiger partial charge in [0.1, 0.15) is 5.03 Å². The first-order chi connectivity index (χ1) is 5.18. The summed E-state index contributed by atoms with van der Waals surface area (Å²) < 4.78 is 0. The molecule has 4 heteroatoms. The van der Waals surface area contributed by atoms with Gasteiger partial charge in [-0.25, -0.2) is 9.97 Å². The van der Waals surface area contributed by atoms with Crippen LogP contribution >= 0.6 is 23.4 Å². The third kappa shape index (κ3) is 3.08. The highest BCUT2D eigenvalue weighted by molar-refractivity contribution is 7.99. The van der Waals surface area contributed by atoms with Crippen LogP contribution in [-0.2, 0) is 0 Å². The maximum atomic E-state index is 5.59. The number of halogens is 1. The van der Waals surface area contributed by atoms with Gasteiger partial charge in [-0.2, -0.15) is 0 Å². The smallest absolute Gasteiger partial charge is 0.223 e. The summed E-state index contributed by atoms with van der Waals surface area (Å²) in [7, 11) is 0. The Kier molecular flexibility index (Phi) is 3.15. The van der Waals surface area contributed by atoms with E-state index in [2.05, 4.69) is 23.8 Å². The standard InChI is InChI=1S/C7H9ClN2S/c1-5(2)11-6-3-4-9-7(8)10-6/h3-5H,1-2H3. The van der Waals surface area contributed by atoms with Crippen LogP contribution in [0.25, 0.3) is 0 Å². The van der Waals surface area contributed by atoms with Gasteiger partial charge in [0.2, 0.25) is 5.28 Å². The zero-order chi connectivity index (χ0) is 8.27. The SMILES string of the molecule is CC(C)Sc1ccnc(Cl)n1. The molecule has 0 aromatic carbocycles. The van der Waals surface area contributed by atoms with E-state index in [4.69, 9.17) is 11.6 Å². The molecule has 2 nitrogen and oxygen atoms in total. The Bertz CT molecular complexity index is 240. The molecule has 0 aliphatic carbocycles. The lowest BCUT2D eigenvalue weighted by molar-refractivity contribution is 1.03. The van der Waals surface area contributed by atoms with Crippen LogP contribution in [0.4, 0.5) is 0 Å². The number of nitrogens with zero attached hydrogens (tertiary/aromatic N) is 2. The Balaban J connectivity index is 2.71. The largest absolute Gasteiger partial charge is 0.226 e. The van der Waals surface area contributed by atoms with Crippen LogP contribution in [0, 0.1) is 0 Å². The number of aromatic nitrogens is 2. The lowest BCUT2D eigenvalue weighted by atomic mass is 10.6. The fourth-order valence-corrected chi connectivity index (χ4v) is 1.59. The maximum absolute atomic E-state index is 5.59. The van der Waals surface area contributed by atoms with Crippen molar-refractivity contribution in [1.29, 1.82) is 0 Å². The molecule has 0 spiro atoms. The molecule has 1 aromatic heterocycles. The predicted octanol–water partition coefficient (Wildman–Crippen LogP) is 2.63. The van der Waals surface area contributed by atoms with Crippen LogP contribution in [-0.4, -0.2) is 15.2 Å². The van der Waals surface area contributed by atoms with Gasteiger partial charge in [0.15, 0.2) is 0 Å². The first kappa shape index (κ1) is 8.81. The van der Waals surface area contributed by atoms with Crippen molar-refractivity contribution in [3.63, 3.8) is 0 Å². The van der Waals surface area contributed by atoms with Crippen LogP contribution < -0.4 is 0 Å². The van der Waals surface area contributed by atoms with E-state index >= 15 is 0 Å². The van der Waals surface area contributed by atoms with E-state index in [9.17, 15) is 0 Å². The monoisotopic (exact) mass is 188 g/mol. The molecule has 0 saturated carbocycles. The molecule has 0 saturated heterocycles. The highest BCUT2D eigenvalue weighted by Crippen LogP contribution is 2.20. The van der Waals surface area contributed by atoms with Gasteiger partial charge in [-0.1, -0.05) is 13.8 Å². The van der Waals surface area contributed by atoms with E-state index in [1.165, 1.54) is 0 Å². The van der Waals surface area contributed by atoms with Crippen LogP contribution in [0.2, 0.25) is 5.28 Å². The molecule has 0 N–H and O–H groups in total. The number of hydrogen-bond donors (Lipinski definition) is 0. The van der Waals surface area contributed by atoms with Crippen LogP contribution in [0.15, 0.2) is 17.3 Å². The Morgan fingerprint density at radius 1 is 1.55 bits per heavy atom. The summed E-state index contributed by atoms with van der Waals surface area (Å²) in [6.07, 6.45) is 1.67. The molecule has 0 bridgehead atoms. The molecule has 1 rings (SSSR count). The summed E-state index contributed by atoms with van der Waals surface area (Å²) in [5.41, 5.74) is 0. The van der Waals surface area contributed by atoms with Crippen molar-refractivity contribution >= 4 is 23.4 Å². The molecule has 1 aromatic rings. The van der Waals surface area contributed by atoms with Gasteiger partial charge >= 0.3 is 0 Å². The molecule has 0 aliphatic heterocycles. The van der Waals surface area contributed by atoms with E-state index < -0.39 is 0 Å². The van der Waals surface area contributed by atoms with E-state index in [1.54, 1.807) is 18.0 Å². The second kappa shape index (κ2) is 3.93. The van der Waals surface area contributed by atoms with E-state index in [-0.39, 0.29) is 0 Å². The summed E-state index contributed by atoms with van der Waals surface area (Å²) in [5, 5.41) is 1.77. The molecule has 0 atom stereocenters. The number of thioether (sulfide) groups is 1. The maximum Gasteiger partial charge on any atom is 0.223 e. The van der Waals surface area contributed by atoms with Gasteiger partial charge in [0.05, 0.1) is 0 Å². The van der Waals surface area contributed by atoms with Gasteiger partial charge in [-0.3, -0.25) is 0 Å².